The molecule has 2 aromatic heterocycles. The summed E-state index contributed by atoms with van der Waals surface area (Å²) in [5.41, 5.74) is 7.27. The van der Waals surface area contributed by atoms with Gasteiger partial charge in [0, 0.05) is 31.4 Å². The number of aromatic nitrogens is 4. The van der Waals surface area contributed by atoms with Crippen molar-refractivity contribution >= 4 is 40.9 Å². The first kappa shape index (κ1) is 27.4. The Morgan fingerprint density at radius 3 is 2.64 bits per heavy atom. The second-order valence-corrected chi connectivity index (χ2v) is 9.69. The quantitative estimate of drug-likeness (QED) is 0.318. The van der Waals surface area contributed by atoms with Crippen molar-refractivity contribution in [3.05, 3.63) is 47.4 Å². The van der Waals surface area contributed by atoms with Crippen LogP contribution in [-0.2, 0) is 4.79 Å². The van der Waals surface area contributed by atoms with Gasteiger partial charge in [-0.2, -0.15) is 10.1 Å². The molecule has 3 aromatic rings. The zero-order valence-electron chi connectivity index (χ0n) is 22.3. The molecule has 0 radical (unpaired) electrons. The lowest BCUT2D eigenvalue weighted by Crippen LogP contribution is -2.42. The van der Waals surface area contributed by atoms with Crippen molar-refractivity contribution < 1.29 is 24.2 Å². The molecule has 4 rings (SSSR count). The molecule has 39 heavy (non-hydrogen) atoms. The molecule has 1 atom stereocenters. The number of aryl methyl sites for hydroxylation is 1. The molecule has 0 saturated carbocycles. The molecule has 1 aromatic carbocycles. The number of hydrogen-bond donors (Lipinski definition) is 4. The lowest BCUT2D eigenvalue weighted by molar-refractivity contribution is -0.136. The van der Waals surface area contributed by atoms with Crippen LogP contribution in [-0.4, -0.2) is 67.7 Å². The Balaban J connectivity index is 1.56. The minimum absolute atomic E-state index is 0.0390. The number of aromatic carboxylic acids is 1. The van der Waals surface area contributed by atoms with Crippen LogP contribution in [0.2, 0.25) is 0 Å². The van der Waals surface area contributed by atoms with E-state index in [1.165, 1.54) is 25.4 Å². The number of nitrogens with two attached hydrogens (primary N) is 1. The number of carbonyl (C=O) groups is 3. The molecule has 1 fully saturated rings. The van der Waals surface area contributed by atoms with Gasteiger partial charge in [0.05, 0.1) is 36.3 Å². The highest BCUT2D eigenvalue weighted by molar-refractivity contribution is 5.98. The van der Waals surface area contributed by atoms with E-state index in [9.17, 15) is 19.5 Å². The molecule has 0 bridgehead atoms. The van der Waals surface area contributed by atoms with Gasteiger partial charge in [0.25, 0.3) is 5.91 Å². The number of carboxylic acid groups (broad SMARTS) is 1. The molecule has 5 N–H and O–H groups in total. The van der Waals surface area contributed by atoms with Gasteiger partial charge in [-0.15, -0.1) is 0 Å². The smallest absolute Gasteiger partial charge is 0.335 e. The number of amides is 2. The van der Waals surface area contributed by atoms with E-state index in [0.29, 0.717) is 23.5 Å². The minimum atomic E-state index is -1.10. The van der Waals surface area contributed by atoms with E-state index in [1.54, 1.807) is 13.1 Å². The Hall–Kier alpha value is -4.68. The number of primary amides is 1. The summed E-state index contributed by atoms with van der Waals surface area (Å²) in [7, 11) is 1.41. The number of hydrogen-bond acceptors (Lipinski definition) is 9. The van der Waals surface area contributed by atoms with Crippen molar-refractivity contribution in [3.63, 3.8) is 0 Å². The fourth-order valence-electron chi connectivity index (χ4n) is 4.50. The van der Waals surface area contributed by atoms with Gasteiger partial charge in [-0.05, 0) is 37.5 Å². The lowest BCUT2D eigenvalue weighted by Gasteiger charge is -2.33. The molecule has 1 saturated heterocycles. The third-order valence-electron chi connectivity index (χ3n) is 6.50. The highest BCUT2D eigenvalue weighted by Crippen LogP contribution is 2.33. The van der Waals surface area contributed by atoms with Crippen LogP contribution in [0, 0.1) is 12.8 Å². The Morgan fingerprint density at radius 2 is 1.97 bits per heavy atom. The number of likely N-dealkylation sites (tertiary alicyclic amines) is 1. The number of ether oxygens (including phenoxy) is 1. The van der Waals surface area contributed by atoms with Crippen LogP contribution in [0.1, 0.15) is 59.0 Å². The van der Waals surface area contributed by atoms with Gasteiger partial charge in [0.15, 0.2) is 0 Å². The van der Waals surface area contributed by atoms with E-state index >= 15 is 0 Å². The summed E-state index contributed by atoms with van der Waals surface area (Å²) in [4.78, 5) is 46.5. The SMILES string of the molecule is COc1cc(C(=O)O)cc(C)c1Nc1nc(Nc2cnn([C@@H]3CCCN(C(=O)C(C)C)C3)c2)ncc1C(N)=O. The summed E-state index contributed by atoms with van der Waals surface area (Å²) < 4.78 is 7.21. The van der Waals surface area contributed by atoms with Gasteiger partial charge in [-0.3, -0.25) is 14.3 Å². The van der Waals surface area contributed by atoms with E-state index in [0.717, 1.165) is 19.4 Å². The molecular weight excluding hydrogens is 504 g/mol. The monoisotopic (exact) mass is 536 g/mol. The number of nitrogens with zero attached hydrogens (tertiary/aromatic N) is 5. The normalized spacial score (nSPS) is 15.2. The van der Waals surface area contributed by atoms with Gasteiger partial charge in [-0.25, -0.2) is 9.78 Å². The Morgan fingerprint density at radius 1 is 1.21 bits per heavy atom. The van der Waals surface area contributed by atoms with Crippen molar-refractivity contribution in [3.8, 4) is 5.75 Å². The van der Waals surface area contributed by atoms with E-state index in [4.69, 9.17) is 10.5 Å². The number of benzene rings is 1. The van der Waals surface area contributed by atoms with E-state index < -0.39 is 11.9 Å². The summed E-state index contributed by atoms with van der Waals surface area (Å²) in [6, 6.07) is 2.90. The van der Waals surface area contributed by atoms with Crippen molar-refractivity contribution in [1.82, 2.24) is 24.6 Å². The van der Waals surface area contributed by atoms with Gasteiger partial charge in [-0.1, -0.05) is 13.8 Å². The first-order chi connectivity index (χ1) is 18.6. The summed E-state index contributed by atoms with van der Waals surface area (Å²) in [5.74, 6) is -1.20. The molecule has 0 unspecified atom stereocenters. The maximum Gasteiger partial charge on any atom is 0.335 e. The largest absolute Gasteiger partial charge is 0.495 e. The van der Waals surface area contributed by atoms with Crippen LogP contribution in [0.15, 0.2) is 30.7 Å². The number of carboxylic acids is 1. The second-order valence-electron chi connectivity index (χ2n) is 9.69. The summed E-state index contributed by atoms with van der Waals surface area (Å²) in [5, 5.41) is 20.0. The van der Waals surface area contributed by atoms with Crippen molar-refractivity contribution in [2.24, 2.45) is 11.7 Å². The molecule has 13 nitrogen and oxygen atoms in total. The molecule has 206 valence electrons. The van der Waals surface area contributed by atoms with Crippen LogP contribution >= 0.6 is 0 Å². The Labute approximate surface area is 225 Å². The Kier molecular flexibility index (Phi) is 7.98. The molecule has 1 aliphatic rings. The first-order valence-corrected chi connectivity index (χ1v) is 12.5. The average Bonchev–Trinajstić information content (AvgIpc) is 3.37. The van der Waals surface area contributed by atoms with Crippen LogP contribution in [0.4, 0.5) is 23.1 Å². The first-order valence-electron chi connectivity index (χ1n) is 12.5. The van der Waals surface area contributed by atoms with Gasteiger partial charge >= 0.3 is 5.97 Å². The predicted molar refractivity (Wildman–Crippen MR) is 144 cm³/mol. The third-order valence-corrected chi connectivity index (χ3v) is 6.50. The lowest BCUT2D eigenvalue weighted by atomic mass is 10.0. The van der Waals surface area contributed by atoms with Crippen molar-refractivity contribution in [1.29, 1.82) is 0 Å². The van der Waals surface area contributed by atoms with Gasteiger partial charge in [0.1, 0.15) is 17.1 Å². The number of methoxy groups -OCH3 is 1. The van der Waals surface area contributed by atoms with E-state index in [2.05, 4.69) is 25.7 Å². The molecule has 0 aliphatic carbocycles. The summed E-state index contributed by atoms with van der Waals surface area (Å²) in [6.45, 7) is 6.85. The number of rotatable bonds is 9. The zero-order chi connectivity index (χ0) is 28.3. The van der Waals surface area contributed by atoms with Crippen molar-refractivity contribution in [2.45, 2.75) is 39.7 Å². The fraction of sp³-hybridized carbons (Fsp3) is 0.385. The van der Waals surface area contributed by atoms with Crippen LogP contribution in [0.5, 0.6) is 5.75 Å². The number of anilines is 4. The molecule has 0 spiro atoms. The maximum absolute atomic E-state index is 12.5. The highest BCUT2D eigenvalue weighted by atomic mass is 16.5. The fourth-order valence-corrected chi connectivity index (χ4v) is 4.50. The topological polar surface area (TPSA) is 178 Å². The molecule has 13 heteroatoms. The predicted octanol–water partition coefficient (Wildman–Crippen LogP) is 3.09. The third kappa shape index (κ3) is 6.08. The summed E-state index contributed by atoms with van der Waals surface area (Å²) >= 11 is 0. The number of carbonyl (C=O) groups excluding carboxylic acids is 2. The minimum Gasteiger partial charge on any atom is -0.495 e. The van der Waals surface area contributed by atoms with E-state index in [1.807, 2.05) is 29.6 Å². The number of piperidine rings is 1. The average molecular weight is 537 g/mol. The highest BCUT2D eigenvalue weighted by Gasteiger charge is 2.26. The zero-order valence-corrected chi connectivity index (χ0v) is 22.3. The van der Waals surface area contributed by atoms with Crippen molar-refractivity contribution in [2.75, 3.05) is 30.8 Å². The standard InChI is InChI=1S/C26H32N8O5/c1-14(2)24(36)33-7-5-6-18(13-33)34-12-17(10-29-34)30-26-28-11-19(22(27)35)23(32-26)31-21-15(3)8-16(25(37)38)9-20(21)39-4/h8-12,14,18H,5-7,13H2,1-4H3,(H2,27,35)(H,37,38)(H2,28,30,31,32)/t18-/m1/s1. The van der Waals surface area contributed by atoms with Gasteiger partial charge < -0.3 is 31.1 Å². The molecule has 2 amide bonds. The van der Waals surface area contributed by atoms with E-state index in [-0.39, 0.29) is 46.5 Å². The van der Waals surface area contributed by atoms with Crippen LogP contribution in [0.25, 0.3) is 0 Å². The van der Waals surface area contributed by atoms with Crippen LogP contribution in [0.3, 0.4) is 0 Å². The molecule has 3 heterocycles. The molecule has 1 aliphatic heterocycles. The molecular formula is C26H32N8O5. The summed E-state index contributed by atoms with van der Waals surface area (Å²) in [6.07, 6.45) is 6.57. The number of nitrogens with one attached hydrogen (secondary N) is 2. The van der Waals surface area contributed by atoms with Gasteiger partial charge in [0.2, 0.25) is 11.9 Å². The maximum atomic E-state index is 12.5. The van der Waals surface area contributed by atoms with Crippen LogP contribution < -0.4 is 21.1 Å². The second kappa shape index (κ2) is 11.4. The Bertz CT molecular complexity index is 1400.